The van der Waals surface area contributed by atoms with Crippen molar-refractivity contribution in [1.29, 1.82) is 0 Å². The largest absolute Gasteiger partial charge is 0.463 e. The Kier molecular flexibility index (Phi) is 5.60. The number of nitrogens with zero attached hydrogens (tertiary/aromatic N) is 1. The highest BCUT2D eigenvalue weighted by molar-refractivity contribution is 6.09. The Hall–Kier alpha value is -2.36. The molecular weight excluding hydrogens is 326 g/mol. The Labute approximate surface area is 155 Å². The van der Waals surface area contributed by atoms with Crippen molar-refractivity contribution in [3.8, 4) is 0 Å². The van der Waals surface area contributed by atoms with Gasteiger partial charge in [0, 0.05) is 24.2 Å². The molecule has 4 nitrogen and oxygen atoms in total. The van der Waals surface area contributed by atoms with Crippen LogP contribution in [-0.2, 0) is 9.53 Å². The zero-order valence-electron chi connectivity index (χ0n) is 15.8. The number of benzene rings is 1. The molecule has 0 amide bonds. The van der Waals surface area contributed by atoms with E-state index in [0.29, 0.717) is 0 Å². The van der Waals surface area contributed by atoms with Crippen LogP contribution in [-0.4, -0.2) is 29.3 Å². The Morgan fingerprint density at radius 1 is 1.23 bits per heavy atom. The summed E-state index contributed by atoms with van der Waals surface area (Å²) in [7, 11) is 0. The lowest BCUT2D eigenvalue weighted by molar-refractivity contribution is -0.150. The minimum Gasteiger partial charge on any atom is -0.463 e. The molecule has 0 bridgehead atoms. The maximum Gasteiger partial charge on any atom is 0.313 e. The van der Waals surface area contributed by atoms with Gasteiger partial charge in [-0.1, -0.05) is 43.3 Å². The van der Waals surface area contributed by atoms with E-state index in [2.05, 4.69) is 11.8 Å². The van der Waals surface area contributed by atoms with Gasteiger partial charge in [-0.3, -0.25) is 9.59 Å². The molecule has 0 N–H and O–H groups in total. The number of fused-ring (bicyclic) bond motifs is 1. The van der Waals surface area contributed by atoms with Crippen LogP contribution in [0.3, 0.4) is 0 Å². The summed E-state index contributed by atoms with van der Waals surface area (Å²) in [5, 5.41) is 0. The normalized spacial score (nSPS) is 19.9. The maximum absolute atomic E-state index is 13.1. The first kappa shape index (κ1) is 18.4. The zero-order valence-corrected chi connectivity index (χ0v) is 15.8. The summed E-state index contributed by atoms with van der Waals surface area (Å²) in [5.41, 5.74) is 3.75. The van der Waals surface area contributed by atoms with E-state index in [9.17, 15) is 9.59 Å². The van der Waals surface area contributed by atoms with E-state index >= 15 is 0 Å². The van der Waals surface area contributed by atoms with Crippen LogP contribution in [0.1, 0.15) is 56.8 Å². The molecule has 1 aromatic rings. The Morgan fingerprint density at radius 2 is 1.96 bits per heavy atom. The van der Waals surface area contributed by atoms with Gasteiger partial charge in [0.2, 0.25) is 5.78 Å². The summed E-state index contributed by atoms with van der Waals surface area (Å²) >= 11 is 0. The first-order valence-corrected chi connectivity index (χ1v) is 9.51. The molecule has 1 aromatic carbocycles. The fourth-order valence-electron chi connectivity index (χ4n) is 3.73. The van der Waals surface area contributed by atoms with Crippen LogP contribution in [0.5, 0.6) is 0 Å². The fourth-order valence-corrected chi connectivity index (χ4v) is 3.73. The number of ketones is 1. The molecule has 26 heavy (non-hydrogen) atoms. The number of carbonyl (C=O) groups excluding carboxylic acids is 2. The standard InChI is InChI=1S/C22H27NO3/c1-4-16-13-19-14-18(22(25)26-15(2)3)11-8-12-23(19)20(16)21(24)17-9-6-5-7-10-17/h5-7,9-10,14-15,18H,4,8,11-13H2,1-3H3. The number of hydrogen-bond acceptors (Lipinski definition) is 4. The van der Waals surface area contributed by atoms with E-state index < -0.39 is 0 Å². The van der Waals surface area contributed by atoms with Crippen molar-refractivity contribution in [1.82, 2.24) is 4.90 Å². The SMILES string of the molecule is CCC1=C(C(=O)c2ccccc2)N2CCCC(C(=O)OC(C)C)C=C2C1. The maximum atomic E-state index is 13.1. The highest BCUT2D eigenvalue weighted by Gasteiger charge is 2.34. The minimum absolute atomic E-state index is 0.0778. The van der Waals surface area contributed by atoms with E-state index in [-0.39, 0.29) is 23.8 Å². The first-order valence-electron chi connectivity index (χ1n) is 9.51. The summed E-state index contributed by atoms with van der Waals surface area (Å²) in [5.74, 6) is -0.300. The number of rotatable bonds is 5. The van der Waals surface area contributed by atoms with Gasteiger partial charge in [-0.2, -0.15) is 0 Å². The Morgan fingerprint density at radius 3 is 2.62 bits per heavy atom. The quantitative estimate of drug-likeness (QED) is 0.578. The van der Waals surface area contributed by atoms with Crippen molar-refractivity contribution < 1.29 is 14.3 Å². The van der Waals surface area contributed by atoms with Crippen LogP contribution < -0.4 is 0 Å². The number of allylic oxidation sites excluding steroid dienone is 2. The predicted molar refractivity (Wildman–Crippen MR) is 101 cm³/mol. The summed E-state index contributed by atoms with van der Waals surface area (Å²) in [6.45, 7) is 6.60. The minimum atomic E-state index is -0.221. The molecule has 0 saturated carbocycles. The molecule has 0 saturated heterocycles. The van der Waals surface area contributed by atoms with Gasteiger partial charge < -0.3 is 9.64 Å². The van der Waals surface area contributed by atoms with E-state index in [0.717, 1.165) is 54.8 Å². The van der Waals surface area contributed by atoms with E-state index in [1.165, 1.54) is 0 Å². The molecule has 2 aliphatic heterocycles. The van der Waals surface area contributed by atoms with Gasteiger partial charge in [0.1, 0.15) is 0 Å². The monoisotopic (exact) mass is 353 g/mol. The van der Waals surface area contributed by atoms with E-state index in [4.69, 9.17) is 4.74 Å². The molecule has 1 atom stereocenters. The number of hydrogen-bond donors (Lipinski definition) is 0. The van der Waals surface area contributed by atoms with E-state index in [1.807, 2.05) is 50.3 Å². The first-order chi connectivity index (χ1) is 12.5. The van der Waals surface area contributed by atoms with Crippen LogP contribution in [0.25, 0.3) is 0 Å². The molecule has 4 heteroatoms. The van der Waals surface area contributed by atoms with Crippen molar-refractivity contribution in [2.75, 3.05) is 6.54 Å². The van der Waals surface area contributed by atoms with Gasteiger partial charge in [0.25, 0.3) is 0 Å². The van der Waals surface area contributed by atoms with Crippen LogP contribution in [0.4, 0.5) is 0 Å². The van der Waals surface area contributed by atoms with Gasteiger partial charge >= 0.3 is 5.97 Å². The molecule has 138 valence electrons. The van der Waals surface area contributed by atoms with Crippen molar-refractivity contribution in [3.05, 3.63) is 58.9 Å². The molecule has 0 aliphatic carbocycles. The molecule has 2 heterocycles. The predicted octanol–water partition coefficient (Wildman–Crippen LogP) is 4.48. The van der Waals surface area contributed by atoms with Crippen molar-refractivity contribution >= 4 is 11.8 Å². The van der Waals surface area contributed by atoms with Crippen molar-refractivity contribution in [2.24, 2.45) is 5.92 Å². The average Bonchev–Trinajstić information content (AvgIpc) is 2.84. The number of esters is 1. The van der Waals surface area contributed by atoms with Crippen molar-refractivity contribution in [3.63, 3.8) is 0 Å². The van der Waals surface area contributed by atoms with Gasteiger partial charge in [0.05, 0.1) is 17.7 Å². The molecule has 0 aromatic heterocycles. The topological polar surface area (TPSA) is 46.6 Å². The van der Waals surface area contributed by atoms with E-state index in [1.54, 1.807) is 0 Å². The van der Waals surface area contributed by atoms with Gasteiger partial charge in [-0.15, -0.1) is 0 Å². The van der Waals surface area contributed by atoms with Crippen LogP contribution in [0, 0.1) is 5.92 Å². The number of Topliss-reactive ketones (excluding diaryl/α,β-unsaturated/α-hetero) is 1. The molecular formula is C22H27NO3. The second-order valence-corrected chi connectivity index (χ2v) is 7.22. The lowest BCUT2D eigenvalue weighted by atomic mass is 10.00. The van der Waals surface area contributed by atoms with Crippen LogP contribution >= 0.6 is 0 Å². The molecule has 0 spiro atoms. The Bertz CT molecular complexity index is 746. The zero-order chi connectivity index (χ0) is 18.7. The molecule has 3 rings (SSSR count). The third kappa shape index (κ3) is 3.74. The molecule has 2 aliphatic rings. The highest BCUT2D eigenvalue weighted by Crippen LogP contribution is 2.38. The van der Waals surface area contributed by atoms with Crippen molar-refractivity contribution in [2.45, 2.75) is 52.6 Å². The third-order valence-electron chi connectivity index (χ3n) is 4.97. The number of ether oxygens (including phenoxy) is 1. The second-order valence-electron chi connectivity index (χ2n) is 7.22. The lowest BCUT2D eigenvalue weighted by Crippen LogP contribution is -2.24. The fraction of sp³-hybridized carbons (Fsp3) is 0.455. The summed E-state index contributed by atoms with van der Waals surface area (Å²) < 4.78 is 5.41. The number of carbonyl (C=O) groups is 2. The highest BCUT2D eigenvalue weighted by atomic mass is 16.5. The summed E-state index contributed by atoms with van der Waals surface area (Å²) in [6, 6.07) is 9.44. The van der Waals surface area contributed by atoms with Crippen LogP contribution in [0.2, 0.25) is 0 Å². The van der Waals surface area contributed by atoms with Gasteiger partial charge in [-0.25, -0.2) is 0 Å². The lowest BCUT2D eigenvalue weighted by Gasteiger charge is -2.22. The molecule has 1 unspecified atom stereocenters. The molecule has 0 fully saturated rings. The average molecular weight is 353 g/mol. The smallest absolute Gasteiger partial charge is 0.313 e. The third-order valence-corrected chi connectivity index (χ3v) is 4.97. The molecule has 0 radical (unpaired) electrons. The Balaban J connectivity index is 1.89. The van der Waals surface area contributed by atoms with Gasteiger partial charge in [0.15, 0.2) is 0 Å². The van der Waals surface area contributed by atoms with Crippen LogP contribution in [0.15, 0.2) is 53.4 Å². The summed E-state index contributed by atoms with van der Waals surface area (Å²) in [4.78, 5) is 27.6. The second kappa shape index (κ2) is 7.90. The summed E-state index contributed by atoms with van der Waals surface area (Å²) in [6.07, 6.45) is 5.13. The van der Waals surface area contributed by atoms with Gasteiger partial charge in [-0.05, 0) is 38.7 Å².